The number of nitrogens with two attached hydrogens (primary N) is 1. The van der Waals surface area contributed by atoms with Gasteiger partial charge < -0.3 is 11.1 Å². The number of rotatable bonds is 4. The largest absolute Gasteiger partial charge is 0.329 e. The van der Waals surface area contributed by atoms with Crippen molar-refractivity contribution in [2.24, 2.45) is 5.73 Å². The van der Waals surface area contributed by atoms with E-state index in [0.717, 1.165) is 0 Å². The number of hydrogen-bond acceptors (Lipinski definition) is 2. The van der Waals surface area contributed by atoms with E-state index in [1.165, 1.54) is 18.2 Å². The van der Waals surface area contributed by atoms with Gasteiger partial charge in [-0.2, -0.15) is 0 Å². The number of benzene rings is 1. The molecule has 1 rings (SSSR count). The van der Waals surface area contributed by atoms with Crippen LogP contribution >= 0.6 is 0 Å². The first kappa shape index (κ1) is 11.1. The molecule has 0 fully saturated rings. The van der Waals surface area contributed by atoms with Gasteiger partial charge in [-0.25, -0.2) is 8.78 Å². The Morgan fingerprint density at radius 3 is 2.43 bits per heavy atom. The van der Waals surface area contributed by atoms with E-state index in [0.29, 0.717) is 6.54 Å². The molecule has 0 aliphatic rings. The van der Waals surface area contributed by atoms with Crippen molar-refractivity contribution >= 4 is 0 Å². The molecule has 0 aromatic heterocycles. The predicted octanol–water partition coefficient (Wildman–Crippen LogP) is 1.40. The van der Waals surface area contributed by atoms with E-state index in [-0.39, 0.29) is 18.2 Å². The summed E-state index contributed by atoms with van der Waals surface area (Å²) in [5, 5.41) is 2.93. The maximum absolute atomic E-state index is 13.1. The smallest absolute Gasteiger partial charge is 0.130 e. The first-order chi connectivity index (χ1) is 6.65. The molecule has 0 radical (unpaired) electrons. The van der Waals surface area contributed by atoms with E-state index in [1.54, 1.807) is 0 Å². The fourth-order valence-electron chi connectivity index (χ4n) is 1.06. The van der Waals surface area contributed by atoms with Crippen molar-refractivity contribution in [1.29, 1.82) is 0 Å². The Morgan fingerprint density at radius 1 is 1.36 bits per heavy atom. The van der Waals surface area contributed by atoms with Crippen LogP contribution in [0.1, 0.15) is 12.5 Å². The normalized spacial score (nSPS) is 12.9. The van der Waals surface area contributed by atoms with Crippen LogP contribution in [0.5, 0.6) is 0 Å². The molecule has 0 spiro atoms. The summed E-state index contributed by atoms with van der Waals surface area (Å²) in [7, 11) is 0. The highest BCUT2D eigenvalue weighted by Gasteiger charge is 2.08. The van der Waals surface area contributed by atoms with Crippen LogP contribution in [0.15, 0.2) is 18.2 Å². The second kappa shape index (κ2) is 5.02. The molecule has 1 atom stereocenters. The quantitative estimate of drug-likeness (QED) is 0.771. The van der Waals surface area contributed by atoms with Gasteiger partial charge in [-0.15, -0.1) is 0 Å². The fourth-order valence-corrected chi connectivity index (χ4v) is 1.06. The van der Waals surface area contributed by atoms with Crippen molar-refractivity contribution in [2.45, 2.75) is 19.5 Å². The summed E-state index contributed by atoms with van der Waals surface area (Å²) in [4.78, 5) is 0. The molecule has 1 aromatic rings. The first-order valence-electron chi connectivity index (χ1n) is 4.51. The summed E-state index contributed by atoms with van der Waals surface area (Å²) in [5.74, 6) is -1.05. The van der Waals surface area contributed by atoms with Crippen molar-refractivity contribution in [3.63, 3.8) is 0 Å². The minimum atomic E-state index is -0.526. The molecular formula is C10H14F2N2. The lowest BCUT2D eigenvalue weighted by molar-refractivity contribution is 0.503. The van der Waals surface area contributed by atoms with E-state index < -0.39 is 11.6 Å². The Hall–Kier alpha value is -1.00. The maximum atomic E-state index is 13.1. The van der Waals surface area contributed by atoms with Crippen LogP contribution in [0.4, 0.5) is 8.78 Å². The van der Waals surface area contributed by atoms with Crippen LogP contribution in [0, 0.1) is 11.6 Å². The van der Waals surface area contributed by atoms with Crippen LogP contribution in [-0.4, -0.2) is 12.6 Å². The third-order valence-electron chi connectivity index (χ3n) is 2.04. The van der Waals surface area contributed by atoms with Crippen molar-refractivity contribution < 1.29 is 8.78 Å². The van der Waals surface area contributed by atoms with Crippen molar-refractivity contribution in [2.75, 3.05) is 6.54 Å². The highest BCUT2D eigenvalue weighted by molar-refractivity contribution is 5.19. The molecule has 0 saturated heterocycles. The standard InChI is InChI=1S/C10H14F2N2/c1-7(5-13)14-6-8-9(11)3-2-4-10(8)12/h2-4,7,14H,5-6,13H2,1H3/t7-/m0/s1. The van der Waals surface area contributed by atoms with Gasteiger partial charge in [-0.1, -0.05) is 6.07 Å². The molecule has 0 aliphatic carbocycles. The van der Waals surface area contributed by atoms with Gasteiger partial charge in [0.25, 0.3) is 0 Å². The lowest BCUT2D eigenvalue weighted by atomic mass is 10.2. The number of halogens is 2. The summed E-state index contributed by atoms with van der Waals surface area (Å²) < 4.78 is 26.2. The molecule has 0 heterocycles. The average Bonchev–Trinajstić information content (AvgIpc) is 2.16. The zero-order chi connectivity index (χ0) is 10.6. The van der Waals surface area contributed by atoms with Gasteiger partial charge in [0, 0.05) is 24.7 Å². The molecule has 2 nitrogen and oxygen atoms in total. The molecule has 0 saturated carbocycles. The van der Waals surface area contributed by atoms with Crippen LogP contribution in [0.3, 0.4) is 0 Å². The number of nitrogens with one attached hydrogen (secondary N) is 1. The van der Waals surface area contributed by atoms with Gasteiger partial charge in [0.05, 0.1) is 0 Å². The summed E-state index contributed by atoms with van der Waals surface area (Å²) in [6.07, 6.45) is 0. The Labute approximate surface area is 82.1 Å². The van der Waals surface area contributed by atoms with Crippen LogP contribution < -0.4 is 11.1 Å². The molecular weight excluding hydrogens is 186 g/mol. The average molecular weight is 200 g/mol. The molecule has 3 N–H and O–H groups in total. The topological polar surface area (TPSA) is 38.0 Å². The Morgan fingerprint density at radius 2 is 1.93 bits per heavy atom. The Bertz CT molecular complexity index is 282. The molecule has 0 bridgehead atoms. The minimum Gasteiger partial charge on any atom is -0.329 e. The number of hydrogen-bond donors (Lipinski definition) is 2. The SMILES string of the molecule is C[C@@H](CN)NCc1c(F)cccc1F. The van der Waals surface area contributed by atoms with Gasteiger partial charge in [0.15, 0.2) is 0 Å². The predicted molar refractivity (Wildman–Crippen MR) is 51.7 cm³/mol. The van der Waals surface area contributed by atoms with Crippen LogP contribution in [-0.2, 0) is 6.54 Å². The van der Waals surface area contributed by atoms with E-state index in [2.05, 4.69) is 5.32 Å². The highest BCUT2D eigenvalue weighted by Crippen LogP contribution is 2.11. The van der Waals surface area contributed by atoms with Crippen LogP contribution in [0.2, 0.25) is 0 Å². The zero-order valence-electron chi connectivity index (χ0n) is 8.06. The van der Waals surface area contributed by atoms with Crippen molar-refractivity contribution in [3.8, 4) is 0 Å². The third-order valence-corrected chi connectivity index (χ3v) is 2.04. The van der Waals surface area contributed by atoms with Crippen molar-refractivity contribution in [3.05, 3.63) is 35.4 Å². The first-order valence-corrected chi connectivity index (χ1v) is 4.51. The van der Waals surface area contributed by atoms with Crippen molar-refractivity contribution in [1.82, 2.24) is 5.32 Å². The molecule has 0 aliphatic heterocycles. The van der Waals surface area contributed by atoms with E-state index in [1.807, 2.05) is 6.92 Å². The lowest BCUT2D eigenvalue weighted by Gasteiger charge is -2.11. The summed E-state index contributed by atoms with van der Waals surface area (Å²) in [6.45, 7) is 2.46. The molecule has 0 amide bonds. The second-order valence-electron chi connectivity index (χ2n) is 3.22. The second-order valence-corrected chi connectivity index (χ2v) is 3.22. The molecule has 14 heavy (non-hydrogen) atoms. The maximum Gasteiger partial charge on any atom is 0.130 e. The zero-order valence-corrected chi connectivity index (χ0v) is 8.06. The molecule has 0 unspecified atom stereocenters. The molecule has 1 aromatic carbocycles. The molecule has 78 valence electrons. The summed E-state index contributed by atoms with van der Waals surface area (Å²) in [5.41, 5.74) is 5.43. The van der Waals surface area contributed by atoms with Gasteiger partial charge in [0.2, 0.25) is 0 Å². The van der Waals surface area contributed by atoms with E-state index >= 15 is 0 Å². The van der Waals surface area contributed by atoms with E-state index in [9.17, 15) is 8.78 Å². The Balaban J connectivity index is 2.66. The van der Waals surface area contributed by atoms with Gasteiger partial charge in [0.1, 0.15) is 11.6 Å². The van der Waals surface area contributed by atoms with E-state index in [4.69, 9.17) is 5.73 Å². The van der Waals surface area contributed by atoms with Gasteiger partial charge in [-0.3, -0.25) is 0 Å². The minimum absolute atomic E-state index is 0.0500. The summed E-state index contributed by atoms with van der Waals surface area (Å²) >= 11 is 0. The fraction of sp³-hybridized carbons (Fsp3) is 0.400. The third kappa shape index (κ3) is 2.75. The van der Waals surface area contributed by atoms with Gasteiger partial charge >= 0.3 is 0 Å². The highest BCUT2D eigenvalue weighted by atomic mass is 19.1. The molecule has 4 heteroatoms. The summed E-state index contributed by atoms with van der Waals surface area (Å²) in [6, 6.07) is 3.88. The Kier molecular flexibility index (Phi) is 3.98. The lowest BCUT2D eigenvalue weighted by Crippen LogP contribution is -2.33. The van der Waals surface area contributed by atoms with Crippen LogP contribution in [0.25, 0.3) is 0 Å². The monoisotopic (exact) mass is 200 g/mol. The van der Waals surface area contributed by atoms with Gasteiger partial charge in [-0.05, 0) is 19.1 Å².